The molecule has 5 nitrogen and oxygen atoms in total. The third-order valence-electron chi connectivity index (χ3n) is 0. The largest absolute Gasteiger partial charge is 0.412 e. The summed E-state index contributed by atoms with van der Waals surface area (Å²) >= 11 is 0. The molecule has 0 fully saturated rings. The molecule has 0 spiro atoms. The van der Waals surface area contributed by atoms with E-state index in [1.807, 2.05) is 0 Å². The summed E-state index contributed by atoms with van der Waals surface area (Å²) in [6.07, 6.45) is 0. The zero-order valence-electron chi connectivity index (χ0n) is 4.46. The van der Waals surface area contributed by atoms with Crippen molar-refractivity contribution in [3.8, 4) is 0 Å². The minimum Gasteiger partial charge on any atom is -0.412 e. The minimum absolute atomic E-state index is 0. The maximum atomic E-state index is 0. The molecule has 7 radical (unpaired) electrons. The Morgan fingerprint density at radius 3 is 0.444 bits per heavy atom. The molecule has 0 aromatic carbocycles. The van der Waals surface area contributed by atoms with Crippen molar-refractivity contribution in [3.63, 3.8) is 0 Å². The van der Waals surface area contributed by atoms with Gasteiger partial charge in [0.25, 0.3) is 0 Å². The predicted molar refractivity (Wildman–Crippen MR) is 29.6 cm³/mol. The van der Waals surface area contributed by atoms with Crippen molar-refractivity contribution in [1.82, 2.24) is 0 Å². The van der Waals surface area contributed by atoms with E-state index in [9.17, 15) is 0 Å². The van der Waals surface area contributed by atoms with Crippen LogP contribution in [0, 0.1) is 0 Å². The summed E-state index contributed by atoms with van der Waals surface area (Å²) < 4.78 is 0. The molecule has 61 valence electrons. The fourth-order valence-electron chi connectivity index (χ4n) is 0. The molecule has 0 aliphatic heterocycles. The van der Waals surface area contributed by atoms with Gasteiger partial charge < -0.3 is 27.4 Å². The molecular weight excluding hydrogens is 289 g/mol. The second kappa shape index (κ2) is 172. The molecular formula is H10Al2CuO5Zr. The standard InChI is InChI=1S/2Al.Cu.5H2O.Zr/h;;;5*1H2;. The van der Waals surface area contributed by atoms with E-state index in [4.69, 9.17) is 0 Å². The average molecular weight is 299 g/mol. The first kappa shape index (κ1) is 231. The topological polar surface area (TPSA) is 158 Å². The van der Waals surface area contributed by atoms with Gasteiger partial charge >= 0.3 is 0 Å². The van der Waals surface area contributed by atoms with Crippen LogP contribution in [0.1, 0.15) is 0 Å². The van der Waals surface area contributed by atoms with Crippen LogP contribution in [0.15, 0.2) is 0 Å². The van der Waals surface area contributed by atoms with Crippen molar-refractivity contribution in [2.24, 2.45) is 0 Å². The molecule has 0 saturated heterocycles. The first-order valence-corrected chi connectivity index (χ1v) is 0. The molecule has 0 heterocycles. The summed E-state index contributed by atoms with van der Waals surface area (Å²) in [4.78, 5) is 0. The average Bonchev–Trinajstić information content (AvgIpc) is 0. The predicted octanol–water partition coefficient (Wildman–Crippen LogP) is -4.89. The Morgan fingerprint density at radius 1 is 0.444 bits per heavy atom. The summed E-state index contributed by atoms with van der Waals surface area (Å²) in [7, 11) is 0. The minimum atomic E-state index is 0. The third kappa shape index (κ3) is 136. The van der Waals surface area contributed by atoms with Crippen LogP contribution in [-0.2, 0) is 43.3 Å². The molecule has 0 aliphatic carbocycles. The van der Waals surface area contributed by atoms with Crippen LogP contribution in [0.5, 0.6) is 0 Å². The van der Waals surface area contributed by atoms with Gasteiger partial charge in [-0.05, 0) is 0 Å². The van der Waals surface area contributed by atoms with E-state index in [1.54, 1.807) is 0 Å². The summed E-state index contributed by atoms with van der Waals surface area (Å²) in [5, 5.41) is 0. The molecule has 0 aromatic rings. The number of hydrogen-bond acceptors (Lipinski definition) is 0. The Balaban J connectivity index is 0. The third-order valence-corrected chi connectivity index (χ3v) is 0. The number of hydrogen-bond donors (Lipinski definition) is 0. The van der Waals surface area contributed by atoms with Crippen molar-refractivity contribution in [1.29, 1.82) is 0 Å². The molecule has 9 heteroatoms. The van der Waals surface area contributed by atoms with Crippen molar-refractivity contribution in [2.45, 2.75) is 0 Å². The van der Waals surface area contributed by atoms with Gasteiger partial charge in [-0.1, -0.05) is 0 Å². The smallest absolute Gasteiger partial charge is 0 e. The first-order chi connectivity index (χ1) is 0. The normalized spacial score (nSPS) is 0. The SMILES string of the molecule is O.O.O.O.O.[Al].[Al].[Cu].[Zr]. The first-order valence-electron chi connectivity index (χ1n) is 0. The molecule has 0 amide bonds. The van der Waals surface area contributed by atoms with Gasteiger partial charge in [-0.3, -0.25) is 0 Å². The Bertz CT molecular complexity index is 14.9. The van der Waals surface area contributed by atoms with Gasteiger partial charge in [0.1, 0.15) is 0 Å². The molecule has 0 aliphatic rings. The molecule has 9 heavy (non-hydrogen) atoms. The Kier molecular flexibility index (Phi) is 4400. The summed E-state index contributed by atoms with van der Waals surface area (Å²) in [5.74, 6) is 0. The van der Waals surface area contributed by atoms with Crippen molar-refractivity contribution < 1.29 is 70.7 Å². The van der Waals surface area contributed by atoms with Crippen LogP contribution in [-0.4, -0.2) is 62.1 Å². The Hall–Kier alpha value is 2.27. The molecule has 10 N–H and O–H groups in total. The van der Waals surface area contributed by atoms with Gasteiger partial charge in [0.05, 0.1) is 0 Å². The quantitative estimate of drug-likeness (QED) is 0.393. The van der Waals surface area contributed by atoms with E-state index < -0.39 is 0 Å². The maximum Gasteiger partial charge on any atom is 0 e. The zero-order valence-corrected chi connectivity index (χ0v) is 10.2. The fraction of sp³-hybridized carbons (Fsp3) is 0. The van der Waals surface area contributed by atoms with E-state index in [2.05, 4.69) is 0 Å². The van der Waals surface area contributed by atoms with Crippen molar-refractivity contribution in [3.05, 3.63) is 0 Å². The summed E-state index contributed by atoms with van der Waals surface area (Å²) in [6.45, 7) is 0. The van der Waals surface area contributed by atoms with Crippen molar-refractivity contribution >= 4 is 34.7 Å². The molecule has 0 unspecified atom stereocenters. The molecule has 0 bridgehead atoms. The van der Waals surface area contributed by atoms with Crippen LogP contribution in [0.4, 0.5) is 0 Å². The second-order valence-corrected chi connectivity index (χ2v) is 0. The van der Waals surface area contributed by atoms with Crippen molar-refractivity contribution in [2.75, 3.05) is 0 Å². The number of rotatable bonds is 0. The van der Waals surface area contributed by atoms with Gasteiger partial charge in [-0.15, -0.1) is 0 Å². The molecule has 0 atom stereocenters. The van der Waals surface area contributed by atoms with Gasteiger partial charge in [-0.25, -0.2) is 0 Å². The zero-order chi connectivity index (χ0) is 0. The van der Waals surface area contributed by atoms with Gasteiger partial charge in [0.2, 0.25) is 0 Å². The van der Waals surface area contributed by atoms with E-state index >= 15 is 0 Å². The Morgan fingerprint density at radius 2 is 0.444 bits per heavy atom. The van der Waals surface area contributed by atoms with Crippen LogP contribution in [0.2, 0.25) is 0 Å². The summed E-state index contributed by atoms with van der Waals surface area (Å²) in [5.41, 5.74) is 0. The van der Waals surface area contributed by atoms with Crippen LogP contribution in [0.3, 0.4) is 0 Å². The molecule has 0 aromatic heterocycles. The van der Waals surface area contributed by atoms with Crippen LogP contribution >= 0.6 is 0 Å². The molecule has 0 saturated carbocycles. The monoisotopic (exact) mass is 297 g/mol. The second-order valence-electron chi connectivity index (χ2n) is 0. The summed E-state index contributed by atoms with van der Waals surface area (Å²) in [6, 6.07) is 0. The van der Waals surface area contributed by atoms with E-state index in [0.29, 0.717) is 0 Å². The van der Waals surface area contributed by atoms with Gasteiger partial charge in [0, 0.05) is 78.0 Å². The van der Waals surface area contributed by atoms with E-state index in [-0.39, 0.29) is 105 Å². The maximum absolute atomic E-state index is 0. The fourth-order valence-corrected chi connectivity index (χ4v) is 0. The van der Waals surface area contributed by atoms with E-state index in [1.165, 1.54) is 0 Å². The molecule has 0 rings (SSSR count). The van der Waals surface area contributed by atoms with E-state index in [0.717, 1.165) is 0 Å². The Labute approximate surface area is 104 Å². The van der Waals surface area contributed by atoms with Gasteiger partial charge in [0.15, 0.2) is 0 Å². The van der Waals surface area contributed by atoms with Gasteiger partial charge in [-0.2, -0.15) is 0 Å². The van der Waals surface area contributed by atoms with Crippen LogP contribution < -0.4 is 0 Å². The van der Waals surface area contributed by atoms with Crippen LogP contribution in [0.25, 0.3) is 0 Å².